The smallest absolute Gasteiger partial charge is 0.161 e. The first-order valence-corrected chi connectivity index (χ1v) is 43.1. The number of fused-ring (bicyclic) bond motifs is 4. The van der Waals surface area contributed by atoms with E-state index < -0.39 is 11.6 Å². The summed E-state index contributed by atoms with van der Waals surface area (Å²) in [6.07, 6.45) is 3.63. The Bertz CT molecular complexity index is 6610. The van der Waals surface area contributed by atoms with Gasteiger partial charge in [0.2, 0.25) is 0 Å². The summed E-state index contributed by atoms with van der Waals surface area (Å²) < 4.78 is 77.4. The molecule has 3 N–H and O–H groups in total. The molecule has 0 aliphatic carbocycles. The monoisotopic (exact) mass is 1710 g/mol. The highest BCUT2D eigenvalue weighted by Gasteiger charge is 2.31. The molecular formula is C101H111F3N18O5. The molecule has 127 heavy (non-hydrogen) atoms. The molecule has 1 unspecified atom stereocenters. The van der Waals surface area contributed by atoms with Gasteiger partial charge in [0.05, 0.1) is 62.0 Å². The predicted molar refractivity (Wildman–Crippen MR) is 503 cm³/mol. The van der Waals surface area contributed by atoms with Crippen molar-refractivity contribution in [2.45, 2.75) is 150 Å². The lowest BCUT2D eigenvalue weighted by Gasteiger charge is -2.42. The Balaban J connectivity index is 0.000000138. The molecular weight excluding hydrogens is 1600 g/mol. The van der Waals surface area contributed by atoms with E-state index in [0.29, 0.717) is 69.3 Å². The first kappa shape index (κ1) is 89.2. The van der Waals surface area contributed by atoms with Gasteiger partial charge in [-0.2, -0.15) is 20.4 Å². The predicted octanol–water partition coefficient (Wildman–Crippen LogP) is 21.7. The van der Waals surface area contributed by atoms with Crippen LogP contribution in [0, 0.1) is 107 Å². The summed E-state index contributed by atoms with van der Waals surface area (Å²) in [6.45, 7) is 43.8. The number of hydrogen-bond donors (Lipinski definition) is 3. The normalized spacial score (nSPS) is 12.5. The van der Waals surface area contributed by atoms with Crippen LogP contribution in [0.4, 0.5) is 42.1 Å². The van der Waals surface area contributed by atoms with Gasteiger partial charge in [-0.3, -0.25) is 4.98 Å². The van der Waals surface area contributed by atoms with Crippen molar-refractivity contribution < 1.29 is 36.9 Å². The van der Waals surface area contributed by atoms with Crippen molar-refractivity contribution in [1.29, 1.82) is 0 Å². The quantitative estimate of drug-likeness (QED) is 0.0511. The number of piperazine rings is 1. The number of halogens is 3. The van der Waals surface area contributed by atoms with Crippen molar-refractivity contribution in [2.75, 3.05) is 78.9 Å². The van der Waals surface area contributed by atoms with Crippen molar-refractivity contribution in [3.63, 3.8) is 0 Å². The number of aryl methyl sites for hydroxylation is 13. The number of aromatic nitrogens is 13. The van der Waals surface area contributed by atoms with Crippen molar-refractivity contribution in [1.82, 2.24) is 64.0 Å². The van der Waals surface area contributed by atoms with E-state index in [0.717, 1.165) is 211 Å². The fourth-order valence-electron chi connectivity index (χ4n) is 17.6. The number of pyridine rings is 1. The average molecular weight is 1710 g/mol. The molecule has 1 saturated heterocycles. The van der Waals surface area contributed by atoms with Gasteiger partial charge < -0.3 is 67.7 Å². The summed E-state index contributed by atoms with van der Waals surface area (Å²) in [5, 5.41) is 54.4. The number of benzene rings is 7. The molecule has 16 aromatic rings. The Hall–Kier alpha value is -14.0. The van der Waals surface area contributed by atoms with Gasteiger partial charge in [0, 0.05) is 175 Å². The van der Waals surface area contributed by atoms with Crippen LogP contribution in [-0.4, -0.2) is 123 Å². The highest BCUT2D eigenvalue weighted by Crippen LogP contribution is 2.42. The number of anilines is 5. The Kier molecular flexibility index (Phi) is 27.7. The fraction of sp³-hybridized carbons (Fsp3) is 0.297. The molecule has 0 saturated carbocycles. The van der Waals surface area contributed by atoms with Crippen molar-refractivity contribution in [3.05, 3.63) is 290 Å². The molecule has 10 heterocycles. The highest BCUT2D eigenvalue weighted by molar-refractivity contribution is 6.02. The van der Waals surface area contributed by atoms with E-state index in [1.165, 1.54) is 29.4 Å². The van der Waals surface area contributed by atoms with Gasteiger partial charge in [-0.25, -0.2) is 13.2 Å². The standard InChI is InChI=1S/C30H37N5O2.C24H24F2N4O.C24H25FN4O.C23H25N5O/c1-8-37-25-12-13-26(27(17-25)36-7)35-22(5)28-21(4)31-32-30(29(28)23(35)6)33-14-15-34(20(3)18-33)24-11-9-10-19(2)16-24;1-5-31-19-9-7-18(8-10-19)30-15(3)22-14(2)28-29-24(23(22)16(30)4)27-13-17-6-11-20(25)21(26)12-17;1-5-30-21-11-9-20(10-12-21)29-16(3)22-15(2)27-28-24(23(22)17(29)4)26-14-18-7-6-8-19(25)13-18;1-5-29-20-10-8-19(9-11-20)28-16(3)21-15(2)26-27-23(22(21)17(28)4)25-14-18-7-6-12-24-13-18/h9-13,16-17,20H,8,14-15,18H2,1-7H3;6-12H,5,13H2,1-4H3,(H,27,29);6-13H,5,14H2,1-4H3,(H,26,28);6-13H,5,14H2,1-4H3,(H,25,27). The van der Waals surface area contributed by atoms with E-state index in [1.807, 2.05) is 147 Å². The molecule has 0 spiro atoms. The van der Waals surface area contributed by atoms with Crippen LogP contribution in [0.25, 0.3) is 65.8 Å². The maximum atomic E-state index is 13.6. The minimum absolute atomic E-state index is 0.247. The third-order valence-corrected chi connectivity index (χ3v) is 23.3. The van der Waals surface area contributed by atoms with Gasteiger partial charge in [0.1, 0.15) is 34.6 Å². The van der Waals surface area contributed by atoms with Gasteiger partial charge in [0.15, 0.2) is 34.9 Å². The number of hydrogen-bond acceptors (Lipinski definition) is 19. The zero-order chi connectivity index (χ0) is 90.0. The Labute approximate surface area is 740 Å². The molecule has 7 aromatic carbocycles. The molecule has 1 atom stereocenters. The summed E-state index contributed by atoms with van der Waals surface area (Å²) in [6, 6.07) is 53.8. The van der Waals surface area contributed by atoms with Crippen LogP contribution in [-0.2, 0) is 19.6 Å². The lowest BCUT2D eigenvalue weighted by molar-refractivity contribution is 0.336. The summed E-state index contributed by atoms with van der Waals surface area (Å²) in [5.41, 5.74) is 21.7. The van der Waals surface area contributed by atoms with E-state index >= 15 is 0 Å². The van der Waals surface area contributed by atoms with Crippen LogP contribution >= 0.6 is 0 Å². The zero-order valence-corrected chi connectivity index (χ0v) is 75.9. The van der Waals surface area contributed by atoms with Gasteiger partial charge in [-0.15, -0.1) is 20.4 Å². The molecule has 1 fully saturated rings. The van der Waals surface area contributed by atoms with Crippen LogP contribution in [0.1, 0.15) is 125 Å². The van der Waals surface area contributed by atoms with Crippen molar-refractivity contribution >= 4 is 72.0 Å². The summed E-state index contributed by atoms with van der Waals surface area (Å²) in [7, 11) is 1.71. The van der Waals surface area contributed by atoms with E-state index in [-0.39, 0.29) is 5.82 Å². The number of nitrogens with zero attached hydrogens (tertiary/aromatic N) is 15. The van der Waals surface area contributed by atoms with Gasteiger partial charge in [-0.1, -0.05) is 36.4 Å². The Morgan fingerprint density at radius 2 is 0.787 bits per heavy atom. The Morgan fingerprint density at radius 3 is 1.23 bits per heavy atom. The molecule has 26 heteroatoms. The summed E-state index contributed by atoms with van der Waals surface area (Å²) in [5.74, 6) is 5.21. The third-order valence-electron chi connectivity index (χ3n) is 23.3. The van der Waals surface area contributed by atoms with E-state index in [2.05, 4.69) is 202 Å². The SMILES string of the molecule is CCOc1ccc(-n2c(C)c3c(C)nnc(N4CCN(c5cccc(C)c5)C(C)C4)c3c2C)c(OC)c1.CCOc1ccc(-n2c(C)c3c(C)nnc(NCc4ccc(F)c(F)c4)c3c2C)cc1.CCOc1ccc(-n2c(C)c3c(C)nnc(NCc4cccc(F)c4)c3c2C)cc1.CCOc1ccc(-n2c(C)c3c(C)nnc(NCc4cccnc4)c3c2C)cc1. The molecule has 1 aliphatic rings. The van der Waals surface area contributed by atoms with Crippen LogP contribution in [0.5, 0.6) is 28.7 Å². The molecule has 656 valence electrons. The number of rotatable bonds is 24. The third kappa shape index (κ3) is 18.9. The van der Waals surface area contributed by atoms with Crippen molar-refractivity contribution in [2.24, 2.45) is 0 Å². The Morgan fingerprint density at radius 1 is 0.370 bits per heavy atom. The number of methoxy groups -OCH3 is 1. The fourth-order valence-corrected chi connectivity index (χ4v) is 17.6. The molecule has 0 amide bonds. The van der Waals surface area contributed by atoms with Crippen LogP contribution in [0.15, 0.2) is 182 Å². The molecule has 17 rings (SSSR count). The molecule has 0 radical (unpaired) electrons. The number of ether oxygens (including phenoxy) is 5. The van der Waals surface area contributed by atoms with Crippen molar-refractivity contribution in [3.8, 4) is 51.5 Å². The highest BCUT2D eigenvalue weighted by atomic mass is 19.2. The second-order valence-corrected chi connectivity index (χ2v) is 31.7. The molecule has 1 aliphatic heterocycles. The largest absolute Gasteiger partial charge is 0.494 e. The molecule has 23 nitrogen and oxygen atoms in total. The second kappa shape index (κ2) is 39.4. The van der Waals surface area contributed by atoms with Crippen LogP contribution < -0.4 is 49.4 Å². The summed E-state index contributed by atoms with van der Waals surface area (Å²) in [4.78, 5) is 9.08. The second-order valence-electron chi connectivity index (χ2n) is 31.7. The van der Waals surface area contributed by atoms with Gasteiger partial charge in [-0.05, 0) is 274 Å². The van der Waals surface area contributed by atoms with E-state index in [9.17, 15) is 13.2 Å². The van der Waals surface area contributed by atoms with Gasteiger partial charge >= 0.3 is 0 Å². The first-order valence-electron chi connectivity index (χ1n) is 43.1. The number of nitrogens with one attached hydrogen (secondary N) is 3. The summed E-state index contributed by atoms with van der Waals surface area (Å²) >= 11 is 0. The van der Waals surface area contributed by atoms with E-state index in [1.54, 1.807) is 25.4 Å². The molecule has 0 bridgehead atoms. The average Bonchev–Trinajstić information content (AvgIpc) is 1.59. The topological polar surface area (TPSA) is 224 Å². The maximum Gasteiger partial charge on any atom is 0.161 e. The minimum atomic E-state index is -0.867. The maximum absolute atomic E-state index is 13.6. The van der Waals surface area contributed by atoms with Gasteiger partial charge in [0.25, 0.3) is 0 Å². The van der Waals surface area contributed by atoms with E-state index in [4.69, 9.17) is 28.8 Å². The van der Waals surface area contributed by atoms with Crippen LogP contribution in [0.3, 0.4) is 0 Å². The molecule has 9 aromatic heterocycles. The zero-order valence-electron chi connectivity index (χ0n) is 75.9. The van der Waals surface area contributed by atoms with Crippen LogP contribution in [0.2, 0.25) is 0 Å². The first-order chi connectivity index (χ1) is 61.3. The minimum Gasteiger partial charge on any atom is -0.494 e. The lowest BCUT2D eigenvalue weighted by atomic mass is 10.1. The lowest BCUT2D eigenvalue weighted by Crippen LogP contribution is -2.52.